The van der Waals surface area contributed by atoms with Crippen LogP contribution in [0, 0.1) is 13.8 Å². The number of hydrogen-bond acceptors (Lipinski definition) is 5. The predicted octanol–water partition coefficient (Wildman–Crippen LogP) is 2.75. The Kier molecular flexibility index (Phi) is 5.30. The molecule has 0 aliphatic heterocycles. The van der Waals surface area contributed by atoms with Crippen LogP contribution in [-0.2, 0) is 23.9 Å². The molecule has 148 valence electrons. The number of carbonyl (C=O) groups excluding carboxylic acids is 1. The Morgan fingerprint density at radius 1 is 1.18 bits per heavy atom. The van der Waals surface area contributed by atoms with Crippen LogP contribution >= 0.6 is 0 Å². The van der Waals surface area contributed by atoms with Crippen molar-refractivity contribution in [2.24, 2.45) is 0 Å². The van der Waals surface area contributed by atoms with E-state index >= 15 is 0 Å². The van der Waals surface area contributed by atoms with E-state index in [1.165, 1.54) is 0 Å². The van der Waals surface area contributed by atoms with Gasteiger partial charge in [0.1, 0.15) is 0 Å². The molecule has 3 aromatic rings. The summed E-state index contributed by atoms with van der Waals surface area (Å²) in [5.74, 6) is -1.41. The van der Waals surface area contributed by atoms with Gasteiger partial charge in [0.2, 0.25) is 5.91 Å². The van der Waals surface area contributed by atoms with Gasteiger partial charge in [0.25, 0.3) is 11.6 Å². The van der Waals surface area contributed by atoms with Crippen molar-refractivity contribution >= 4 is 11.7 Å². The molecule has 0 spiro atoms. The normalized spacial score (nSPS) is 11.8. The maximum absolute atomic E-state index is 12.9. The highest BCUT2D eigenvalue weighted by molar-refractivity contribution is 5.76. The van der Waals surface area contributed by atoms with Gasteiger partial charge in [-0.2, -0.15) is 18.2 Å². The van der Waals surface area contributed by atoms with Gasteiger partial charge in [0.15, 0.2) is 0 Å². The number of amides is 1. The standard InChI is InChI=1S/C18H19F3N6O/c1-11-14(4-5-15(28)26(3)10-13-6-8-22-9-7-13)12(2)27-17(23-11)24-16(25-27)18(19,20)21/h6-9H,4-5,10H2,1-3H3. The van der Waals surface area contributed by atoms with Gasteiger partial charge >= 0.3 is 6.18 Å². The summed E-state index contributed by atoms with van der Waals surface area (Å²) in [7, 11) is 1.71. The van der Waals surface area contributed by atoms with Crippen LogP contribution in [0.4, 0.5) is 13.2 Å². The highest BCUT2D eigenvalue weighted by atomic mass is 19.4. The van der Waals surface area contributed by atoms with Crippen molar-refractivity contribution in [1.82, 2.24) is 29.5 Å². The molecule has 0 aliphatic carbocycles. The number of halogens is 3. The lowest BCUT2D eigenvalue weighted by molar-refractivity contribution is -0.144. The van der Waals surface area contributed by atoms with Gasteiger partial charge in [-0.25, -0.2) is 9.50 Å². The van der Waals surface area contributed by atoms with Crippen molar-refractivity contribution in [3.05, 3.63) is 52.9 Å². The van der Waals surface area contributed by atoms with E-state index in [1.807, 2.05) is 12.1 Å². The Bertz CT molecular complexity index is 1000. The van der Waals surface area contributed by atoms with Crippen molar-refractivity contribution in [2.75, 3.05) is 7.05 Å². The number of fused-ring (bicyclic) bond motifs is 1. The lowest BCUT2D eigenvalue weighted by Gasteiger charge is -2.18. The van der Waals surface area contributed by atoms with Crippen molar-refractivity contribution in [2.45, 2.75) is 39.4 Å². The minimum Gasteiger partial charge on any atom is -0.341 e. The van der Waals surface area contributed by atoms with Gasteiger partial charge in [-0.1, -0.05) is 0 Å². The number of pyridine rings is 1. The van der Waals surface area contributed by atoms with Crippen LogP contribution in [-0.4, -0.2) is 42.4 Å². The summed E-state index contributed by atoms with van der Waals surface area (Å²) in [4.78, 5) is 25.6. The average molecular weight is 392 g/mol. The smallest absolute Gasteiger partial charge is 0.341 e. The van der Waals surface area contributed by atoms with E-state index in [4.69, 9.17) is 0 Å². The van der Waals surface area contributed by atoms with Gasteiger partial charge in [-0.15, -0.1) is 5.10 Å². The molecule has 0 saturated carbocycles. The van der Waals surface area contributed by atoms with E-state index < -0.39 is 12.0 Å². The second-order valence-electron chi connectivity index (χ2n) is 6.51. The first-order chi connectivity index (χ1) is 13.2. The number of nitrogens with zero attached hydrogens (tertiary/aromatic N) is 6. The van der Waals surface area contributed by atoms with Crippen LogP contribution in [0.25, 0.3) is 5.78 Å². The molecule has 0 aliphatic rings. The Morgan fingerprint density at radius 2 is 1.86 bits per heavy atom. The monoisotopic (exact) mass is 392 g/mol. The molecule has 0 fully saturated rings. The van der Waals surface area contributed by atoms with Crippen molar-refractivity contribution in [1.29, 1.82) is 0 Å². The third-order valence-corrected chi connectivity index (χ3v) is 4.49. The molecule has 3 rings (SSSR count). The molecule has 0 saturated heterocycles. The Morgan fingerprint density at radius 3 is 2.50 bits per heavy atom. The van der Waals surface area contributed by atoms with Crippen molar-refractivity contribution in [3.8, 4) is 0 Å². The maximum Gasteiger partial charge on any atom is 0.453 e. The van der Waals surface area contributed by atoms with Crippen molar-refractivity contribution < 1.29 is 18.0 Å². The van der Waals surface area contributed by atoms with Crippen LogP contribution < -0.4 is 0 Å². The highest BCUT2D eigenvalue weighted by Gasteiger charge is 2.37. The zero-order valence-corrected chi connectivity index (χ0v) is 15.7. The molecule has 3 aromatic heterocycles. The topological polar surface area (TPSA) is 76.3 Å². The number of rotatable bonds is 5. The first-order valence-electron chi connectivity index (χ1n) is 8.59. The number of hydrogen-bond donors (Lipinski definition) is 0. The number of alkyl halides is 3. The SMILES string of the molecule is Cc1nc2nc(C(F)(F)F)nn2c(C)c1CCC(=O)N(C)Cc1ccncc1. The highest BCUT2D eigenvalue weighted by Crippen LogP contribution is 2.27. The molecule has 0 unspecified atom stereocenters. The lowest BCUT2D eigenvalue weighted by Crippen LogP contribution is -2.26. The first-order valence-corrected chi connectivity index (χ1v) is 8.59. The molecule has 7 nitrogen and oxygen atoms in total. The van der Waals surface area contributed by atoms with E-state index in [9.17, 15) is 18.0 Å². The molecule has 0 bridgehead atoms. The second kappa shape index (κ2) is 7.53. The minimum absolute atomic E-state index is 0.0784. The van der Waals surface area contributed by atoms with E-state index in [-0.39, 0.29) is 18.1 Å². The van der Waals surface area contributed by atoms with Crippen LogP contribution in [0.3, 0.4) is 0 Å². The molecule has 0 radical (unpaired) electrons. The van der Waals surface area contributed by atoms with Crippen molar-refractivity contribution in [3.63, 3.8) is 0 Å². The van der Waals surface area contributed by atoms with E-state index in [0.717, 1.165) is 10.1 Å². The average Bonchev–Trinajstić information content (AvgIpc) is 3.06. The van der Waals surface area contributed by atoms with Gasteiger partial charge in [0, 0.05) is 43.8 Å². The fourth-order valence-electron chi connectivity index (χ4n) is 2.96. The van der Waals surface area contributed by atoms with E-state index in [2.05, 4.69) is 20.1 Å². The molecular formula is C18H19F3N6O. The molecule has 0 atom stereocenters. The van der Waals surface area contributed by atoms with E-state index in [0.29, 0.717) is 29.9 Å². The molecular weight excluding hydrogens is 373 g/mol. The van der Waals surface area contributed by atoms with Gasteiger partial charge in [-0.05, 0) is 43.5 Å². The summed E-state index contributed by atoms with van der Waals surface area (Å²) >= 11 is 0. The third-order valence-electron chi connectivity index (χ3n) is 4.49. The molecule has 0 aromatic carbocycles. The predicted molar refractivity (Wildman–Crippen MR) is 94.3 cm³/mol. The number of aromatic nitrogens is 5. The molecule has 0 N–H and O–H groups in total. The third kappa shape index (κ3) is 4.10. The fraction of sp³-hybridized carbons (Fsp3) is 0.389. The maximum atomic E-state index is 12.9. The Hall–Kier alpha value is -3.04. The second-order valence-corrected chi connectivity index (χ2v) is 6.51. The van der Waals surface area contributed by atoms with E-state index in [1.54, 1.807) is 38.2 Å². The van der Waals surface area contributed by atoms with Crippen LogP contribution in [0.2, 0.25) is 0 Å². The van der Waals surface area contributed by atoms with Crippen LogP contribution in [0.5, 0.6) is 0 Å². The summed E-state index contributed by atoms with van der Waals surface area (Å²) in [6, 6.07) is 3.66. The largest absolute Gasteiger partial charge is 0.453 e. The summed E-state index contributed by atoms with van der Waals surface area (Å²) in [6.07, 6.45) is -0.762. The van der Waals surface area contributed by atoms with Gasteiger partial charge in [0.05, 0.1) is 0 Å². The Balaban J connectivity index is 1.75. The summed E-state index contributed by atoms with van der Waals surface area (Å²) in [6.45, 7) is 3.79. The zero-order chi connectivity index (χ0) is 20.5. The molecule has 10 heteroatoms. The summed E-state index contributed by atoms with van der Waals surface area (Å²) < 4.78 is 39.7. The first kappa shape index (κ1) is 19.7. The Labute approximate surface area is 159 Å². The summed E-state index contributed by atoms with van der Waals surface area (Å²) in [5.41, 5.74) is 2.69. The van der Waals surface area contributed by atoms with Crippen LogP contribution in [0.15, 0.2) is 24.5 Å². The van der Waals surface area contributed by atoms with Gasteiger partial charge in [-0.3, -0.25) is 9.78 Å². The van der Waals surface area contributed by atoms with Crippen LogP contribution in [0.1, 0.15) is 34.8 Å². The molecule has 28 heavy (non-hydrogen) atoms. The molecule has 3 heterocycles. The summed E-state index contributed by atoms with van der Waals surface area (Å²) in [5, 5.41) is 3.52. The number of aryl methyl sites for hydroxylation is 2. The quantitative estimate of drug-likeness (QED) is 0.667. The zero-order valence-electron chi connectivity index (χ0n) is 15.7. The van der Waals surface area contributed by atoms with Gasteiger partial charge < -0.3 is 4.90 Å². The fourth-order valence-corrected chi connectivity index (χ4v) is 2.96. The molecule has 1 amide bonds. The lowest BCUT2D eigenvalue weighted by atomic mass is 10.1. The minimum atomic E-state index is -4.64. The number of carbonyl (C=O) groups is 1.